The first-order valence-corrected chi connectivity index (χ1v) is 9.80. The number of morpholine rings is 1. The molecule has 0 aromatic heterocycles. The summed E-state index contributed by atoms with van der Waals surface area (Å²) in [5, 5.41) is 13.8. The van der Waals surface area contributed by atoms with Gasteiger partial charge in [0.1, 0.15) is 0 Å². The molecule has 9 nitrogen and oxygen atoms in total. The highest BCUT2D eigenvalue weighted by Crippen LogP contribution is 2.27. The van der Waals surface area contributed by atoms with Crippen LogP contribution in [0.3, 0.4) is 0 Å². The Morgan fingerprint density at radius 1 is 1.32 bits per heavy atom. The predicted octanol–water partition coefficient (Wildman–Crippen LogP) is 0.348. The summed E-state index contributed by atoms with van der Waals surface area (Å²) >= 11 is 0. The number of non-ortho nitro benzene ring substituents is 1. The lowest BCUT2D eigenvalue weighted by Crippen LogP contribution is -2.39. The Morgan fingerprint density at radius 3 is 2.64 bits per heavy atom. The fourth-order valence-corrected chi connectivity index (χ4v) is 4.74. The van der Waals surface area contributed by atoms with Gasteiger partial charge >= 0.3 is 0 Å². The van der Waals surface area contributed by atoms with Crippen molar-refractivity contribution in [3.8, 4) is 0 Å². The normalized spacial score (nSPS) is 22.6. The van der Waals surface area contributed by atoms with Crippen molar-refractivity contribution in [2.24, 2.45) is 0 Å². The van der Waals surface area contributed by atoms with Crippen molar-refractivity contribution in [2.45, 2.75) is 12.5 Å². The molecule has 2 heterocycles. The van der Waals surface area contributed by atoms with Crippen LogP contribution in [0, 0.1) is 10.1 Å². The van der Waals surface area contributed by atoms with Crippen LogP contribution in [0.2, 0.25) is 0 Å². The Kier molecular flexibility index (Phi) is 4.91. The molecule has 2 aliphatic heterocycles. The van der Waals surface area contributed by atoms with E-state index in [2.05, 4.69) is 5.32 Å². The lowest BCUT2D eigenvalue weighted by atomic mass is 10.1. The van der Waals surface area contributed by atoms with Gasteiger partial charge in [0.25, 0.3) is 11.6 Å². The number of amides is 1. The first-order valence-electron chi connectivity index (χ1n) is 7.98. The SMILES string of the molecule is O=C(NC1CCS(=O)(=O)C1)c1cc([N+](=O)[O-])ccc1N1CCOCC1. The number of rotatable bonds is 4. The van der Waals surface area contributed by atoms with Crippen molar-refractivity contribution < 1.29 is 22.9 Å². The third-order valence-corrected chi connectivity index (χ3v) is 6.12. The summed E-state index contributed by atoms with van der Waals surface area (Å²) in [6, 6.07) is 3.70. The molecule has 1 N–H and O–H groups in total. The average Bonchev–Trinajstić information content (AvgIpc) is 2.93. The molecule has 0 spiro atoms. The van der Waals surface area contributed by atoms with Crippen LogP contribution in [0.15, 0.2) is 18.2 Å². The minimum Gasteiger partial charge on any atom is -0.378 e. The van der Waals surface area contributed by atoms with E-state index < -0.39 is 26.7 Å². The number of nitrogens with zero attached hydrogens (tertiary/aromatic N) is 2. The maximum Gasteiger partial charge on any atom is 0.270 e. The zero-order valence-electron chi connectivity index (χ0n) is 13.5. The van der Waals surface area contributed by atoms with Crippen molar-refractivity contribution in [1.29, 1.82) is 0 Å². The van der Waals surface area contributed by atoms with Crippen LogP contribution < -0.4 is 10.2 Å². The number of hydrogen-bond donors (Lipinski definition) is 1. The topological polar surface area (TPSA) is 119 Å². The van der Waals surface area contributed by atoms with Gasteiger partial charge in [-0.05, 0) is 12.5 Å². The molecular weight excluding hydrogens is 350 g/mol. The fraction of sp³-hybridized carbons (Fsp3) is 0.533. The molecule has 1 unspecified atom stereocenters. The van der Waals surface area contributed by atoms with Crippen LogP contribution in [-0.4, -0.2) is 63.1 Å². The third-order valence-electron chi connectivity index (χ3n) is 4.36. The maximum atomic E-state index is 12.7. The van der Waals surface area contributed by atoms with Gasteiger partial charge in [0.05, 0.1) is 40.9 Å². The van der Waals surface area contributed by atoms with Gasteiger partial charge < -0.3 is 15.0 Å². The molecule has 2 fully saturated rings. The van der Waals surface area contributed by atoms with E-state index in [1.54, 1.807) is 6.07 Å². The van der Waals surface area contributed by atoms with Crippen LogP contribution in [0.4, 0.5) is 11.4 Å². The second kappa shape index (κ2) is 6.96. The first-order chi connectivity index (χ1) is 11.9. The summed E-state index contributed by atoms with van der Waals surface area (Å²) in [6.45, 7) is 2.18. The summed E-state index contributed by atoms with van der Waals surface area (Å²) in [7, 11) is -3.13. The van der Waals surface area contributed by atoms with Crippen LogP contribution in [0.25, 0.3) is 0 Å². The molecule has 1 aromatic carbocycles. The Labute approximate surface area is 145 Å². The molecular formula is C15H19N3O6S. The molecule has 1 amide bonds. The zero-order chi connectivity index (χ0) is 18.0. The molecule has 136 valence electrons. The highest BCUT2D eigenvalue weighted by Gasteiger charge is 2.30. The van der Waals surface area contributed by atoms with Crippen molar-refractivity contribution >= 4 is 27.1 Å². The Bertz CT molecular complexity index is 788. The smallest absolute Gasteiger partial charge is 0.270 e. The quantitative estimate of drug-likeness (QED) is 0.601. The van der Waals surface area contributed by atoms with Gasteiger partial charge in [-0.2, -0.15) is 0 Å². The van der Waals surface area contributed by atoms with Crippen molar-refractivity contribution in [2.75, 3.05) is 42.7 Å². The molecule has 10 heteroatoms. The van der Waals surface area contributed by atoms with Crippen molar-refractivity contribution in [3.05, 3.63) is 33.9 Å². The van der Waals surface area contributed by atoms with Gasteiger partial charge in [-0.25, -0.2) is 8.42 Å². The highest BCUT2D eigenvalue weighted by atomic mass is 32.2. The van der Waals surface area contributed by atoms with E-state index in [1.165, 1.54) is 12.1 Å². The molecule has 0 aliphatic carbocycles. The lowest BCUT2D eigenvalue weighted by Gasteiger charge is -2.30. The maximum absolute atomic E-state index is 12.7. The van der Waals surface area contributed by atoms with E-state index in [0.29, 0.717) is 38.4 Å². The number of sulfone groups is 1. The van der Waals surface area contributed by atoms with Gasteiger partial charge in [-0.15, -0.1) is 0 Å². The van der Waals surface area contributed by atoms with E-state index >= 15 is 0 Å². The molecule has 2 aliphatic rings. The Hall–Kier alpha value is -2.20. The van der Waals surface area contributed by atoms with E-state index in [9.17, 15) is 23.3 Å². The number of nitro benzene ring substituents is 1. The summed E-state index contributed by atoms with van der Waals surface area (Å²) in [5.41, 5.74) is 0.592. The van der Waals surface area contributed by atoms with Crippen LogP contribution >= 0.6 is 0 Å². The summed E-state index contributed by atoms with van der Waals surface area (Å²) in [6.07, 6.45) is 0.357. The summed E-state index contributed by atoms with van der Waals surface area (Å²) in [4.78, 5) is 25.1. The molecule has 0 radical (unpaired) electrons. The molecule has 0 bridgehead atoms. The summed E-state index contributed by atoms with van der Waals surface area (Å²) in [5.74, 6) is -0.545. The van der Waals surface area contributed by atoms with Gasteiger partial charge in [0.2, 0.25) is 0 Å². The molecule has 1 atom stereocenters. The number of benzene rings is 1. The van der Waals surface area contributed by atoms with Crippen LogP contribution in [0.5, 0.6) is 0 Å². The monoisotopic (exact) mass is 369 g/mol. The fourth-order valence-electron chi connectivity index (χ4n) is 3.07. The molecule has 1 aromatic rings. The standard InChI is InChI=1S/C15H19N3O6S/c19-15(16-11-3-8-25(22,23)10-11)13-9-12(18(20)21)1-2-14(13)17-4-6-24-7-5-17/h1-2,9,11H,3-8,10H2,(H,16,19). The van der Waals surface area contributed by atoms with E-state index in [4.69, 9.17) is 4.74 Å². The average molecular weight is 369 g/mol. The van der Waals surface area contributed by atoms with E-state index in [1.807, 2.05) is 4.90 Å². The first kappa shape index (κ1) is 17.6. The van der Waals surface area contributed by atoms with Gasteiger partial charge in [0, 0.05) is 31.3 Å². The molecule has 0 saturated carbocycles. The van der Waals surface area contributed by atoms with Gasteiger partial charge in [-0.1, -0.05) is 0 Å². The second-order valence-corrected chi connectivity index (χ2v) is 8.36. The number of nitrogens with one attached hydrogen (secondary N) is 1. The highest BCUT2D eigenvalue weighted by molar-refractivity contribution is 7.91. The van der Waals surface area contributed by atoms with E-state index in [0.717, 1.165) is 0 Å². The largest absolute Gasteiger partial charge is 0.378 e. The number of carbonyl (C=O) groups excluding carboxylic acids is 1. The summed E-state index contributed by atoms with van der Waals surface area (Å²) < 4.78 is 28.4. The molecule has 25 heavy (non-hydrogen) atoms. The van der Waals surface area contributed by atoms with Gasteiger partial charge in [-0.3, -0.25) is 14.9 Å². The molecule has 3 rings (SSSR count). The number of nitro groups is 1. The second-order valence-electron chi connectivity index (χ2n) is 6.13. The van der Waals surface area contributed by atoms with Crippen molar-refractivity contribution in [1.82, 2.24) is 5.32 Å². The van der Waals surface area contributed by atoms with Crippen molar-refractivity contribution in [3.63, 3.8) is 0 Å². The Morgan fingerprint density at radius 2 is 2.04 bits per heavy atom. The number of hydrogen-bond acceptors (Lipinski definition) is 7. The predicted molar refractivity (Wildman–Crippen MR) is 90.7 cm³/mol. The molecule has 2 saturated heterocycles. The van der Waals surface area contributed by atoms with Crippen LogP contribution in [0.1, 0.15) is 16.8 Å². The lowest BCUT2D eigenvalue weighted by molar-refractivity contribution is -0.384. The third kappa shape index (κ3) is 4.07. The number of carbonyl (C=O) groups is 1. The van der Waals surface area contributed by atoms with E-state index in [-0.39, 0.29) is 22.8 Å². The minimum atomic E-state index is -3.13. The zero-order valence-corrected chi connectivity index (χ0v) is 14.3. The number of ether oxygens (including phenoxy) is 1. The van der Waals surface area contributed by atoms with Crippen LogP contribution in [-0.2, 0) is 14.6 Å². The number of anilines is 1. The minimum absolute atomic E-state index is 0.0448. The van der Waals surface area contributed by atoms with Gasteiger partial charge in [0.15, 0.2) is 9.84 Å². The Balaban J connectivity index is 1.87.